The standard InChI is InChI=1S/C17H33ClO/c1-3-5-7-9-10-12-14-16(15-17(18)19)13-11-8-6-4-2/h16H,3-15H2,1-2H3. The minimum absolute atomic E-state index is 0.147. The normalized spacial score (nSPS) is 12.6. The Kier molecular flexibility index (Phi) is 14.3. The minimum Gasteiger partial charge on any atom is -0.281 e. The number of carbonyl (C=O) groups is 1. The third-order valence-electron chi connectivity index (χ3n) is 3.88. The van der Waals surface area contributed by atoms with Crippen molar-refractivity contribution in [1.29, 1.82) is 0 Å². The first-order valence-corrected chi connectivity index (χ1v) is 8.76. The van der Waals surface area contributed by atoms with Gasteiger partial charge in [0.25, 0.3) is 0 Å². The number of hydrogen-bond donors (Lipinski definition) is 0. The average Bonchev–Trinajstić information content (AvgIpc) is 2.37. The van der Waals surface area contributed by atoms with Crippen molar-refractivity contribution in [3.63, 3.8) is 0 Å². The molecule has 0 N–H and O–H groups in total. The van der Waals surface area contributed by atoms with E-state index in [9.17, 15) is 4.79 Å². The summed E-state index contributed by atoms with van der Waals surface area (Å²) in [4.78, 5) is 11.1. The Labute approximate surface area is 125 Å². The second-order valence-electron chi connectivity index (χ2n) is 5.83. The van der Waals surface area contributed by atoms with E-state index in [0.717, 1.165) is 0 Å². The van der Waals surface area contributed by atoms with Crippen LogP contribution in [-0.4, -0.2) is 5.24 Å². The molecule has 0 aliphatic carbocycles. The van der Waals surface area contributed by atoms with Crippen LogP contribution in [0.15, 0.2) is 0 Å². The lowest BCUT2D eigenvalue weighted by molar-refractivity contribution is -0.112. The topological polar surface area (TPSA) is 17.1 Å². The summed E-state index contributed by atoms with van der Waals surface area (Å²) in [5.74, 6) is 0.535. The second-order valence-corrected chi connectivity index (χ2v) is 6.25. The van der Waals surface area contributed by atoms with Crippen LogP contribution in [0.2, 0.25) is 0 Å². The molecule has 2 heteroatoms. The number of hydrogen-bond acceptors (Lipinski definition) is 1. The van der Waals surface area contributed by atoms with E-state index in [-0.39, 0.29) is 5.24 Å². The van der Waals surface area contributed by atoms with Gasteiger partial charge >= 0.3 is 0 Å². The second kappa shape index (κ2) is 14.4. The zero-order valence-electron chi connectivity index (χ0n) is 13.1. The van der Waals surface area contributed by atoms with Gasteiger partial charge in [-0.2, -0.15) is 0 Å². The molecular formula is C17H33ClO. The molecule has 0 aromatic heterocycles. The van der Waals surface area contributed by atoms with E-state index in [1.165, 1.54) is 77.0 Å². The van der Waals surface area contributed by atoms with Gasteiger partial charge < -0.3 is 0 Å². The van der Waals surface area contributed by atoms with Crippen molar-refractivity contribution in [2.24, 2.45) is 5.92 Å². The SMILES string of the molecule is CCCCCCCCC(CCCCCC)CC(=O)Cl. The Bertz CT molecular complexity index is 203. The van der Waals surface area contributed by atoms with Crippen LogP contribution in [0.1, 0.15) is 97.3 Å². The molecule has 0 aliphatic rings. The molecular weight excluding hydrogens is 256 g/mol. The van der Waals surface area contributed by atoms with Gasteiger partial charge in [0.2, 0.25) is 5.24 Å². The maximum atomic E-state index is 11.1. The van der Waals surface area contributed by atoms with Crippen molar-refractivity contribution >= 4 is 16.8 Å². The lowest BCUT2D eigenvalue weighted by Crippen LogP contribution is -2.05. The van der Waals surface area contributed by atoms with Crippen LogP contribution in [-0.2, 0) is 4.79 Å². The van der Waals surface area contributed by atoms with Crippen LogP contribution in [0.3, 0.4) is 0 Å². The molecule has 0 aromatic rings. The smallest absolute Gasteiger partial charge is 0.221 e. The van der Waals surface area contributed by atoms with E-state index in [0.29, 0.717) is 12.3 Å². The predicted octanol–water partition coefficient (Wildman–Crippen LogP) is 6.48. The van der Waals surface area contributed by atoms with Gasteiger partial charge in [-0.15, -0.1) is 0 Å². The summed E-state index contributed by atoms with van der Waals surface area (Å²) in [5.41, 5.74) is 0. The Balaban J connectivity index is 3.64. The monoisotopic (exact) mass is 288 g/mol. The summed E-state index contributed by atoms with van der Waals surface area (Å²) >= 11 is 5.56. The highest BCUT2D eigenvalue weighted by atomic mass is 35.5. The molecule has 1 atom stereocenters. The zero-order valence-corrected chi connectivity index (χ0v) is 13.8. The van der Waals surface area contributed by atoms with Gasteiger partial charge in [-0.05, 0) is 30.4 Å². The van der Waals surface area contributed by atoms with Crippen molar-refractivity contribution in [1.82, 2.24) is 0 Å². The summed E-state index contributed by atoms with van der Waals surface area (Å²) in [6, 6.07) is 0. The van der Waals surface area contributed by atoms with Gasteiger partial charge in [0.1, 0.15) is 0 Å². The fourth-order valence-electron chi connectivity index (χ4n) is 2.65. The highest BCUT2D eigenvalue weighted by molar-refractivity contribution is 6.63. The fraction of sp³-hybridized carbons (Fsp3) is 0.941. The van der Waals surface area contributed by atoms with Crippen molar-refractivity contribution < 1.29 is 4.79 Å². The molecule has 1 nitrogen and oxygen atoms in total. The Morgan fingerprint density at radius 2 is 1.21 bits per heavy atom. The highest BCUT2D eigenvalue weighted by Crippen LogP contribution is 2.22. The molecule has 0 rings (SSSR count). The van der Waals surface area contributed by atoms with Crippen LogP contribution < -0.4 is 0 Å². The van der Waals surface area contributed by atoms with Crippen molar-refractivity contribution in [3.8, 4) is 0 Å². The van der Waals surface area contributed by atoms with Gasteiger partial charge in [-0.3, -0.25) is 4.79 Å². The summed E-state index contributed by atoms with van der Waals surface area (Å²) in [6.07, 6.45) is 16.1. The lowest BCUT2D eigenvalue weighted by Gasteiger charge is -2.14. The third kappa shape index (κ3) is 14.2. The summed E-state index contributed by atoms with van der Waals surface area (Å²) in [6.45, 7) is 4.48. The summed E-state index contributed by atoms with van der Waals surface area (Å²) < 4.78 is 0. The third-order valence-corrected chi connectivity index (χ3v) is 4.04. The molecule has 0 saturated carbocycles. The summed E-state index contributed by atoms with van der Waals surface area (Å²) in [7, 11) is 0. The van der Waals surface area contributed by atoms with Gasteiger partial charge in [-0.1, -0.05) is 78.1 Å². The molecule has 0 heterocycles. The molecule has 0 fully saturated rings. The zero-order chi connectivity index (χ0) is 14.3. The van der Waals surface area contributed by atoms with Crippen molar-refractivity contribution in [2.45, 2.75) is 97.3 Å². The fourth-order valence-corrected chi connectivity index (χ4v) is 2.87. The molecule has 0 aromatic carbocycles. The van der Waals surface area contributed by atoms with Gasteiger partial charge in [0.05, 0.1) is 0 Å². The molecule has 1 unspecified atom stereocenters. The molecule has 0 radical (unpaired) electrons. The molecule has 0 saturated heterocycles. The van der Waals surface area contributed by atoms with Crippen molar-refractivity contribution in [3.05, 3.63) is 0 Å². The number of rotatable bonds is 14. The van der Waals surface area contributed by atoms with E-state index in [4.69, 9.17) is 11.6 Å². The van der Waals surface area contributed by atoms with E-state index in [1.54, 1.807) is 0 Å². The lowest BCUT2D eigenvalue weighted by atomic mass is 9.92. The molecule has 0 amide bonds. The minimum atomic E-state index is -0.147. The van der Waals surface area contributed by atoms with Crippen LogP contribution >= 0.6 is 11.6 Å². The number of unbranched alkanes of at least 4 members (excludes halogenated alkanes) is 8. The first-order chi connectivity index (χ1) is 9.20. The van der Waals surface area contributed by atoms with E-state index < -0.39 is 0 Å². The quantitative estimate of drug-likeness (QED) is 0.264. The van der Waals surface area contributed by atoms with Crippen LogP contribution in [0.5, 0.6) is 0 Å². The Morgan fingerprint density at radius 3 is 1.68 bits per heavy atom. The maximum Gasteiger partial charge on any atom is 0.221 e. The van der Waals surface area contributed by atoms with E-state index in [1.807, 2.05) is 0 Å². The van der Waals surface area contributed by atoms with Crippen LogP contribution in [0.25, 0.3) is 0 Å². The molecule has 0 bridgehead atoms. The Morgan fingerprint density at radius 1 is 0.789 bits per heavy atom. The van der Waals surface area contributed by atoms with Gasteiger partial charge in [0.15, 0.2) is 0 Å². The predicted molar refractivity (Wildman–Crippen MR) is 85.7 cm³/mol. The highest BCUT2D eigenvalue weighted by Gasteiger charge is 2.12. The molecule has 114 valence electrons. The van der Waals surface area contributed by atoms with Crippen LogP contribution in [0, 0.1) is 5.92 Å². The van der Waals surface area contributed by atoms with E-state index in [2.05, 4.69) is 13.8 Å². The summed E-state index contributed by atoms with van der Waals surface area (Å²) in [5, 5.41) is -0.147. The molecule has 19 heavy (non-hydrogen) atoms. The maximum absolute atomic E-state index is 11.1. The molecule has 0 spiro atoms. The number of halogens is 1. The van der Waals surface area contributed by atoms with E-state index >= 15 is 0 Å². The van der Waals surface area contributed by atoms with Crippen LogP contribution in [0.4, 0.5) is 0 Å². The van der Waals surface area contributed by atoms with Gasteiger partial charge in [0, 0.05) is 6.42 Å². The first kappa shape index (κ1) is 19.0. The van der Waals surface area contributed by atoms with Crippen molar-refractivity contribution in [2.75, 3.05) is 0 Å². The van der Waals surface area contributed by atoms with Gasteiger partial charge in [-0.25, -0.2) is 0 Å². The average molecular weight is 289 g/mol. The first-order valence-electron chi connectivity index (χ1n) is 8.39. The molecule has 0 aliphatic heterocycles. The Hall–Kier alpha value is -0.0400. The number of carbonyl (C=O) groups excluding carboxylic acids is 1. The largest absolute Gasteiger partial charge is 0.281 e.